The van der Waals surface area contributed by atoms with Crippen LogP contribution in [0.3, 0.4) is 0 Å². The number of halogens is 1. The van der Waals surface area contributed by atoms with Gasteiger partial charge in [-0.1, -0.05) is 0 Å². The fourth-order valence-electron chi connectivity index (χ4n) is 2.02. The number of carbonyl (C=O) groups excluding carboxylic acids is 1. The van der Waals surface area contributed by atoms with Crippen LogP contribution in [-0.2, 0) is 0 Å². The predicted molar refractivity (Wildman–Crippen MR) is 66.4 cm³/mol. The van der Waals surface area contributed by atoms with Gasteiger partial charge < -0.3 is 10.6 Å². The van der Waals surface area contributed by atoms with Crippen LogP contribution in [0.25, 0.3) is 0 Å². The van der Waals surface area contributed by atoms with E-state index < -0.39 is 16.6 Å². The van der Waals surface area contributed by atoms with Crippen molar-refractivity contribution in [2.45, 2.75) is 6.42 Å². The molecule has 102 valence electrons. The van der Waals surface area contributed by atoms with Gasteiger partial charge in [0.1, 0.15) is 5.82 Å². The zero-order valence-corrected chi connectivity index (χ0v) is 10.2. The third-order valence-corrected chi connectivity index (χ3v) is 3.12. The van der Waals surface area contributed by atoms with Crippen LogP contribution >= 0.6 is 0 Å². The average Bonchev–Trinajstić information content (AvgIpc) is 2.89. The second-order valence-corrected chi connectivity index (χ2v) is 4.49. The molecule has 1 aliphatic heterocycles. The van der Waals surface area contributed by atoms with Gasteiger partial charge in [-0.15, -0.1) is 0 Å². The van der Waals surface area contributed by atoms with Crippen LogP contribution in [0, 0.1) is 21.8 Å². The summed E-state index contributed by atoms with van der Waals surface area (Å²) in [5, 5.41) is 16.4. The Morgan fingerprint density at radius 1 is 1.58 bits per heavy atom. The van der Waals surface area contributed by atoms with E-state index in [4.69, 9.17) is 0 Å². The van der Waals surface area contributed by atoms with Gasteiger partial charge in [0, 0.05) is 18.7 Å². The van der Waals surface area contributed by atoms with E-state index in [1.54, 1.807) is 0 Å². The minimum Gasteiger partial charge on any atom is -0.352 e. The number of benzene rings is 1. The molecule has 0 aliphatic carbocycles. The second kappa shape index (κ2) is 5.75. The Labute approximate surface area is 109 Å². The van der Waals surface area contributed by atoms with Crippen molar-refractivity contribution in [2.24, 2.45) is 5.92 Å². The Morgan fingerprint density at radius 3 is 3.00 bits per heavy atom. The first-order valence-electron chi connectivity index (χ1n) is 6.01. The Kier molecular flexibility index (Phi) is 4.06. The highest BCUT2D eigenvalue weighted by Crippen LogP contribution is 2.17. The van der Waals surface area contributed by atoms with Crippen molar-refractivity contribution < 1.29 is 14.1 Å². The minimum absolute atomic E-state index is 0.292. The number of nitrogens with one attached hydrogen (secondary N) is 2. The Balaban J connectivity index is 2.04. The molecule has 1 aliphatic rings. The summed E-state index contributed by atoms with van der Waals surface area (Å²) in [4.78, 5) is 21.7. The number of nitrogens with zero attached hydrogens (tertiary/aromatic N) is 1. The first-order chi connectivity index (χ1) is 9.08. The van der Waals surface area contributed by atoms with Crippen LogP contribution in [0.4, 0.5) is 10.1 Å². The van der Waals surface area contributed by atoms with E-state index in [2.05, 4.69) is 10.6 Å². The zero-order chi connectivity index (χ0) is 13.8. The molecule has 0 spiro atoms. The molecular formula is C12H14FN3O3. The third-order valence-electron chi connectivity index (χ3n) is 3.12. The summed E-state index contributed by atoms with van der Waals surface area (Å²) in [5.74, 6) is -1.05. The van der Waals surface area contributed by atoms with Crippen LogP contribution in [0.15, 0.2) is 18.2 Å². The van der Waals surface area contributed by atoms with E-state index in [0.717, 1.165) is 37.7 Å². The van der Waals surface area contributed by atoms with Crippen molar-refractivity contribution in [1.82, 2.24) is 10.6 Å². The summed E-state index contributed by atoms with van der Waals surface area (Å²) in [6, 6.07) is 2.93. The van der Waals surface area contributed by atoms with Gasteiger partial charge in [-0.25, -0.2) is 4.39 Å². The molecule has 1 atom stereocenters. The maximum Gasteiger partial charge on any atom is 0.270 e. The predicted octanol–water partition coefficient (Wildman–Crippen LogP) is 1.07. The maximum absolute atomic E-state index is 13.5. The van der Waals surface area contributed by atoms with E-state index in [1.165, 1.54) is 0 Å². The number of hydrogen-bond donors (Lipinski definition) is 2. The van der Waals surface area contributed by atoms with Crippen LogP contribution in [0.5, 0.6) is 0 Å². The summed E-state index contributed by atoms with van der Waals surface area (Å²) in [6.45, 7) is 2.16. The van der Waals surface area contributed by atoms with Crippen molar-refractivity contribution in [2.75, 3.05) is 19.6 Å². The summed E-state index contributed by atoms with van der Waals surface area (Å²) in [7, 11) is 0. The number of nitro benzene ring substituents is 1. The number of amides is 1. The number of non-ortho nitro benzene ring substituents is 1. The number of nitro groups is 1. The van der Waals surface area contributed by atoms with Gasteiger partial charge in [-0.2, -0.15) is 0 Å². The summed E-state index contributed by atoms with van der Waals surface area (Å²) in [6.07, 6.45) is 0.956. The molecule has 1 heterocycles. The Morgan fingerprint density at radius 2 is 2.37 bits per heavy atom. The lowest BCUT2D eigenvalue weighted by atomic mass is 10.1. The van der Waals surface area contributed by atoms with E-state index >= 15 is 0 Å². The Bertz CT molecular complexity index is 501. The van der Waals surface area contributed by atoms with E-state index in [9.17, 15) is 19.3 Å². The molecule has 2 N–H and O–H groups in total. The lowest BCUT2D eigenvalue weighted by Crippen LogP contribution is -2.30. The van der Waals surface area contributed by atoms with Gasteiger partial charge >= 0.3 is 0 Å². The van der Waals surface area contributed by atoms with Gasteiger partial charge in [0.2, 0.25) is 0 Å². The minimum atomic E-state index is -0.757. The fraction of sp³-hybridized carbons (Fsp3) is 0.417. The largest absolute Gasteiger partial charge is 0.352 e. The molecule has 19 heavy (non-hydrogen) atoms. The monoisotopic (exact) mass is 267 g/mol. The molecule has 1 fully saturated rings. The summed E-state index contributed by atoms with van der Waals surface area (Å²) >= 11 is 0. The molecule has 0 bridgehead atoms. The molecule has 1 amide bonds. The number of carbonyl (C=O) groups is 1. The molecule has 0 radical (unpaired) electrons. The zero-order valence-electron chi connectivity index (χ0n) is 10.2. The van der Waals surface area contributed by atoms with Gasteiger partial charge in [0.15, 0.2) is 0 Å². The normalized spacial score (nSPS) is 18.3. The van der Waals surface area contributed by atoms with Crippen LogP contribution in [0.2, 0.25) is 0 Å². The quantitative estimate of drug-likeness (QED) is 0.631. The molecule has 2 rings (SSSR count). The van der Waals surface area contributed by atoms with E-state index in [-0.39, 0.29) is 11.3 Å². The Hall–Kier alpha value is -2.02. The summed E-state index contributed by atoms with van der Waals surface area (Å²) in [5.41, 5.74) is -0.589. The average molecular weight is 267 g/mol. The van der Waals surface area contributed by atoms with Crippen molar-refractivity contribution in [3.8, 4) is 0 Å². The molecule has 0 saturated carbocycles. The van der Waals surface area contributed by atoms with Gasteiger partial charge in [0.05, 0.1) is 10.5 Å². The SMILES string of the molecule is O=C(NCC1CCNC1)c1cc([N+](=O)[O-])ccc1F. The fourth-order valence-corrected chi connectivity index (χ4v) is 2.02. The molecule has 6 nitrogen and oxygen atoms in total. The van der Waals surface area contributed by atoms with Crippen LogP contribution in [-0.4, -0.2) is 30.5 Å². The standard InChI is InChI=1S/C12H14FN3O3/c13-11-2-1-9(16(18)19)5-10(11)12(17)15-7-8-3-4-14-6-8/h1-2,5,8,14H,3-4,6-7H2,(H,15,17). The van der Waals surface area contributed by atoms with Crippen molar-refractivity contribution in [3.05, 3.63) is 39.7 Å². The first-order valence-corrected chi connectivity index (χ1v) is 6.01. The van der Waals surface area contributed by atoms with E-state index in [0.29, 0.717) is 12.5 Å². The molecular weight excluding hydrogens is 253 g/mol. The second-order valence-electron chi connectivity index (χ2n) is 4.49. The molecule has 7 heteroatoms. The third kappa shape index (κ3) is 3.25. The van der Waals surface area contributed by atoms with Crippen LogP contribution < -0.4 is 10.6 Å². The molecule has 1 unspecified atom stereocenters. The number of rotatable bonds is 4. The lowest BCUT2D eigenvalue weighted by Gasteiger charge is -2.10. The van der Waals surface area contributed by atoms with Gasteiger partial charge in [-0.3, -0.25) is 14.9 Å². The van der Waals surface area contributed by atoms with Crippen molar-refractivity contribution in [3.63, 3.8) is 0 Å². The van der Waals surface area contributed by atoms with Crippen molar-refractivity contribution >= 4 is 11.6 Å². The summed E-state index contributed by atoms with van der Waals surface area (Å²) < 4.78 is 13.5. The van der Waals surface area contributed by atoms with Gasteiger partial charge in [-0.05, 0) is 31.5 Å². The molecule has 1 saturated heterocycles. The first kappa shape index (κ1) is 13.4. The highest BCUT2D eigenvalue weighted by molar-refractivity contribution is 5.95. The van der Waals surface area contributed by atoms with Gasteiger partial charge in [0.25, 0.3) is 11.6 Å². The topological polar surface area (TPSA) is 84.3 Å². The highest BCUT2D eigenvalue weighted by atomic mass is 19.1. The lowest BCUT2D eigenvalue weighted by molar-refractivity contribution is -0.384. The molecule has 0 aromatic heterocycles. The van der Waals surface area contributed by atoms with E-state index in [1.807, 2.05) is 0 Å². The van der Waals surface area contributed by atoms with Crippen LogP contribution in [0.1, 0.15) is 16.8 Å². The highest BCUT2D eigenvalue weighted by Gasteiger charge is 2.19. The smallest absolute Gasteiger partial charge is 0.270 e. The maximum atomic E-state index is 13.5. The number of hydrogen-bond acceptors (Lipinski definition) is 4. The molecule has 1 aromatic rings. The molecule has 1 aromatic carbocycles. The van der Waals surface area contributed by atoms with Crippen molar-refractivity contribution in [1.29, 1.82) is 0 Å².